The van der Waals surface area contributed by atoms with Gasteiger partial charge in [0.1, 0.15) is 17.8 Å². The second kappa shape index (κ2) is 15.7. The first-order valence-electron chi connectivity index (χ1n) is 14.5. The monoisotopic (exact) mass is 612 g/mol. The van der Waals surface area contributed by atoms with Crippen LogP contribution in [0, 0.1) is 5.92 Å². The molecule has 0 saturated carbocycles. The lowest BCUT2D eigenvalue weighted by molar-refractivity contribution is -0.130. The predicted molar refractivity (Wildman–Crippen MR) is 175 cm³/mol. The zero-order valence-electron chi connectivity index (χ0n) is 25.0. The van der Waals surface area contributed by atoms with Gasteiger partial charge in [-0.25, -0.2) is 0 Å². The number of nitrogens with one attached hydrogen (secondary N) is 3. The Labute approximate surface area is 262 Å². The second-order valence-electron chi connectivity index (χ2n) is 10.9. The van der Waals surface area contributed by atoms with Crippen molar-refractivity contribution in [2.24, 2.45) is 5.92 Å². The van der Waals surface area contributed by atoms with Crippen LogP contribution in [0.25, 0.3) is 17.0 Å². The fourth-order valence-corrected chi connectivity index (χ4v) is 4.92. The van der Waals surface area contributed by atoms with E-state index in [4.69, 9.17) is 16.3 Å². The molecule has 0 bridgehead atoms. The van der Waals surface area contributed by atoms with Crippen LogP contribution in [0.1, 0.15) is 37.8 Å². The molecule has 9 heteroatoms. The van der Waals surface area contributed by atoms with Gasteiger partial charge in [0.25, 0.3) is 0 Å². The van der Waals surface area contributed by atoms with Gasteiger partial charge in [-0.2, -0.15) is 0 Å². The van der Waals surface area contributed by atoms with Crippen LogP contribution in [0.5, 0.6) is 5.75 Å². The van der Waals surface area contributed by atoms with Crippen molar-refractivity contribution in [1.29, 1.82) is 0 Å². The number of aromatic nitrogens is 1. The average Bonchev–Trinajstić information content (AvgIpc) is 3.02. The molecule has 0 aliphatic rings. The molecule has 0 fully saturated rings. The van der Waals surface area contributed by atoms with Crippen molar-refractivity contribution in [2.45, 2.75) is 45.2 Å². The van der Waals surface area contributed by atoms with Crippen LogP contribution in [0.2, 0.25) is 5.02 Å². The number of pyridine rings is 1. The van der Waals surface area contributed by atoms with Crippen molar-refractivity contribution in [2.75, 3.05) is 12.4 Å². The Morgan fingerprint density at radius 3 is 2.36 bits per heavy atom. The Morgan fingerprint density at radius 2 is 1.66 bits per heavy atom. The number of hydrogen-bond acceptors (Lipinski definition) is 5. The molecule has 8 nitrogen and oxygen atoms in total. The van der Waals surface area contributed by atoms with E-state index >= 15 is 0 Å². The Kier molecular flexibility index (Phi) is 11.5. The van der Waals surface area contributed by atoms with Crippen molar-refractivity contribution in [3.63, 3.8) is 0 Å². The topological polar surface area (TPSA) is 109 Å². The van der Waals surface area contributed by atoms with Crippen molar-refractivity contribution in [3.8, 4) is 5.75 Å². The quantitative estimate of drug-likeness (QED) is 0.156. The van der Waals surface area contributed by atoms with Crippen molar-refractivity contribution in [3.05, 3.63) is 107 Å². The van der Waals surface area contributed by atoms with E-state index in [0.717, 1.165) is 16.5 Å². The van der Waals surface area contributed by atoms with Crippen LogP contribution >= 0.6 is 11.6 Å². The number of anilines is 1. The molecule has 4 aromatic rings. The van der Waals surface area contributed by atoms with E-state index in [2.05, 4.69) is 20.9 Å². The maximum atomic E-state index is 13.7. The number of carbonyl (C=O) groups is 3. The number of amides is 3. The first-order valence-corrected chi connectivity index (χ1v) is 14.9. The van der Waals surface area contributed by atoms with E-state index < -0.39 is 23.9 Å². The van der Waals surface area contributed by atoms with Gasteiger partial charge in [0.05, 0.1) is 18.3 Å². The van der Waals surface area contributed by atoms with Crippen LogP contribution in [0.15, 0.2) is 91.1 Å². The van der Waals surface area contributed by atoms with E-state index in [1.54, 1.807) is 55.8 Å². The fourth-order valence-electron chi connectivity index (χ4n) is 4.76. The van der Waals surface area contributed by atoms with E-state index in [1.807, 2.05) is 56.3 Å². The zero-order chi connectivity index (χ0) is 31.5. The van der Waals surface area contributed by atoms with Gasteiger partial charge in [-0.1, -0.05) is 67.9 Å². The molecular weight excluding hydrogens is 576 g/mol. The number of hydrogen-bond donors (Lipinski definition) is 3. The lowest BCUT2D eigenvalue weighted by Gasteiger charge is -2.24. The molecular formula is C35H37ClN4O4. The fraction of sp³-hybridized carbons (Fsp3) is 0.257. The van der Waals surface area contributed by atoms with Crippen LogP contribution in [0.3, 0.4) is 0 Å². The minimum Gasteiger partial charge on any atom is -0.497 e. The van der Waals surface area contributed by atoms with E-state index in [1.165, 1.54) is 6.08 Å². The average molecular weight is 613 g/mol. The maximum absolute atomic E-state index is 13.7. The van der Waals surface area contributed by atoms with Crippen LogP contribution in [-0.4, -0.2) is 41.9 Å². The number of halogens is 1. The molecule has 3 N–H and O–H groups in total. The summed E-state index contributed by atoms with van der Waals surface area (Å²) >= 11 is 6.13. The van der Waals surface area contributed by atoms with Crippen molar-refractivity contribution in [1.82, 2.24) is 15.6 Å². The Hall–Kier alpha value is -4.69. The molecule has 2 atom stereocenters. The summed E-state index contributed by atoms with van der Waals surface area (Å²) in [6, 6.07) is 22.3. The third kappa shape index (κ3) is 9.41. The van der Waals surface area contributed by atoms with Crippen LogP contribution in [-0.2, 0) is 20.8 Å². The smallest absolute Gasteiger partial charge is 0.246 e. The molecule has 44 heavy (non-hydrogen) atoms. The minimum atomic E-state index is -0.861. The summed E-state index contributed by atoms with van der Waals surface area (Å²) in [4.78, 5) is 44.5. The molecule has 3 amide bonds. The van der Waals surface area contributed by atoms with Gasteiger partial charge in [-0.05, 0) is 78.8 Å². The Balaban J connectivity index is 1.50. The predicted octanol–water partition coefficient (Wildman–Crippen LogP) is 6.20. The lowest BCUT2D eigenvalue weighted by Crippen LogP contribution is -2.53. The molecule has 1 aromatic heterocycles. The molecule has 0 spiro atoms. The number of benzene rings is 3. The second-order valence-corrected chi connectivity index (χ2v) is 11.3. The van der Waals surface area contributed by atoms with Gasteiger partial charge < -0.3 is 20.7 Å². The molecule has 3 aromatic carbocycles. The third-order valence-electron chi connectivity index (χ3n) is 7.04. The van der Waals surface area contributed by atoms with Crippen molar-refractivity contribution < 1.29 is 19.1 Å². The Morgan fingerprint density at radius 1 is 0.909 bits per heavy atom. The zero-order valence-corrected chi connectivity index (χ0v) is 25.8. The highest BCUT2D eigenvalue weighted by Gasteiger charge is 2.27. The molecule has 0 saturated heterocycles. The summed E-state index contributed by atoms with van der Waals surface area (Å²) in [6.45, 7) is 3.94. The number of rotatable bonds is 13. The number of fused-ring (bicyclic) bond motifs is 1. The first-order chi connectivity index (χ1) is 21.2. The SMILES string of the molecule is COc1ccc(/C=C/C(=O)N[C@H](CC(C)C)C(=O)N[C@H](CCc2ccccc2)C(=O)Nc2ccnc3cc(Cl)ccc23)cc1. The molecule has 0 aliphatic carbocycles. The van der Waals surface area contributed by atoms with Crippen molar-refractivity contribution >= 4 is 52.0 Å². The molecule has 0 unspecified atom stereocenters. The number of carbonyl (C=O) groups excluding carboxylic acids is 3. The minimum absolute atomic E-state index is 0.114. The third-order valence-corrected chi connectivity index (χ3v) is 7.28. The normalized spacial score (nSPS) is 12.6. The van der Waals surface area contributed by atoms with Gasteiger partial charge in [0.2, 0.25) is 17.7 Å². The highest BCUT2D eigenvalue weighted by atomic mass is 35.5. The summed E-state index contributed by atoms with van der Waals surface area (Å²) in [6.07, 6.45) is 5.98. The lowest BCUT2D eigenvalue weighted by atomic mass is 10.0. The van der Waals surface area contributed by atoms with E-state index in [-0.39, 0.29) is 11.8 Å². The maximum Gasteiger partial charge on any atom is 0.246 e. The van der Waals surface area contributed by atoms with Gasteiger partial charge in [0, 0.05) is 22.7 Å². The number of nitrogens with zero attached hydrogens (tertiary/aromatic N) is 1. The summed E-state index contributed by atoms with van der Waals surface area (Å²) in [5.74, 6) is -0.375. The van der Waals surface area contributed by atoms with Gasteiger partial charge in [-0.15, -0.1) is 0 Å². The number of ether oxygens (including phenoxy) is 1. The highest BCUT2D eigenvalue weighted by molar-refractivity contribution is 6.31. The largest absolute Gasteiger partial charge is 0.497 e. The van der Waals surface area contributed by atoms with E-state index in [9.17, 15) is 14.4 Å². The molecule has 1 heterocycles. The number of methoxy groups -OCH3 is 1. The van der Waals surface area contributed by atoms with E-state index in [0.29, 0.717) is 41.2 Å². The summed E-state index contributed by atoms with van der Waals surface area (Å²) in [5.41, 5.74) is 3.06. The van der Waals surface area contributed by atoms with Gasteiger partial charge in [0.15, 0.2) is 0 Å². The summed E-state index contributed by atoms with van der Waals surface area (Å²) in [7, 11) is 1.59. The first kappa shape index (κ1) is 32.2. The van der Waals surface area contributed by atoms with Gasteiger partial charge in [-0.3, -0.25) is 19.4 Å². The highest BCUT2D eigenvalue weighted by Crippen LogP contribution is 2.25. The van der Waals surface area contributed by atoms with Crippen LogP contribution in [0.4, 0.5) is 5.69 Å². The molecule has 0 aliphatic heterocycles. The molecule has 0 radical (unpaired) electrons. The van der Waals surface area contributed by atoms with Crippen LogP contribution < -0.4 is 20.7 Å². The molecule has 4 rings (SSSR count). The van der Waals surface area contributed by atoms with Gasteiger partial charge >= 0.3 is 0 Å². The summed E-state index contributed by atoms with van der Waals surface area (Å²) < 4.78 is 5.17. The Bertz CT molecular complexity index is 1610. The number of aryl methyl sites for hydroxylation is 1. The molecule has 228 valence electrons. The standard InChI is InChI=1S/C35H37ClN4O4/c1-23(2)21-32(38-33(41)18-12-25-9-14-27(44-3)15-10-25)35(43)40-30(17-11-24-7-5-4-6-8-24)34(42)39-29-19-20-37-31-22-26(36)13-16-28(29)31/h4-10,12-16,18-20,22-23,30,32H,11,17,21H2,1-3H3,(H,38,41)(H,40,43)(H,37,39,42)/b18-12+/t30-,32-/m1/s1. The summed E-state index contributed by atoms with van der Waals surface area (Å²) in [5, 5.41) is 9.98.